The van der Waals surface area contributed by atoms with Gasteiger partial charge in [-0.15, -0.1) is 0 Å². The highest BCUT2D eigenvalue weighted by atomic mass is 32.1. The lowest BCUT2D eigenvalue weighted by atomic mass is 9.85. The van der Waals surface area contributed by atoms with Crippen LogP contribution in [0.1, 0.15) is 19.3 Å². The molecule has 1 N–H and O–H groups in total. The number of nitrogens with zero attached hydrogens (tertiary/aromatic N) is 3. The fourth-order valence-corrected chi connectivity index (χ4v) is 6.55. The number of aromatic nitrogens is 1. The quantitative estimate of drug-likeness (QED) is 0.605. The number of thiazole rings is 1. The van der Waals surface area contributed by atoms with Crippen molar-refractivity contribution in [1.29, 1.82) is 0 Å². The number of rotatable bonds is 4. The van der Waals surface area contributed by atoms with E-state index in [2.05, 4.69) is 22.4 Å². The number of hydrogen-bond donors (Lipinski definition) is 1. The van der Waals surface area contributed by atoms with Gasteiger partial charge in [0.05, 0.1) is 22.1 Å². The molecule has 0 spiro atoms. The van der Waals surface area contributed by atoms with Crippen molar-refractivity contribution in [2.24, 2.45) is 23.7 Å². The minimum atomic E-state index is -0.347. The lowest BCUT2D eigenvalue weighted by Crippen LogP contribution is -2.39. The summed E-state index contributed by atoms with van der Waals surface area (Å²) in [4.78, 5) is 46.3. The highest BCUT2D eigenvalue weighted by molar-refractivity contribution is 7.22. The van der Waals surface area contributed by atoms with Crippen LogP contribution in [0.2, 0.25) is 0 Å². The number of benzene rings is 1. The van der Waals surface area contributed by atoms with Gasteiger partial charge in [-0.25, -0.2) is 4.98 Å². The highest BCUT2D eigenvalue weighted by Crippen LogP contribution is 2.52. The normalized spacial score (nSPS) is 29.5. The molecule has 2 aromatic rings. The minimum Gasteiger partial charge on any atom is -0.348 e. The minimum absolute atomic E-state index is 0.156. The van der Waals surface area contributed by atoms with Crippen molar-refractivity contribution in [3.63, 3.8) is 0 Å². The predicted molar refractivity (Wildman–Crippen MR) is 114 cm³/mol. The number of hydrogen-bond acceptors (Lipinski definition) is 6. The van der Waals surface area contributed by atoms with Crippen molar-refractivity contribution in [2.75, 3.05) is 29.9 Å². The molecular formula is C22H22N4O3S. The van der Waals surface area contributed by atoms with Crippen molar-refractivity contribution in [3.05, 3.63) is 30.4 Å². The van der Waals surface area contributed by atoms with Gasteiger partial charge in [0, 0.05) is 18.8 Å². The Morgan fingerprint density at radius 2 is 1.80 bits per heavy atom. The Labute approximate surface area is 177 Å². The Bertz CT molecular complexity index is 1070. The van der Waals surface area contributed by atoms with E-state index in [1.807, 2.05) is 18.2 Å². The van der Waals surface area contributed by atoms with E-state index in [0.29, 0.717) is 5.69 Å². The van der Waals surface area contributed by atoms with E-state index in [9.17, 15) is 14.4 Å². The second-order valence-corrected chi connectivity index (χ2v) is 9.69. The van der Waals surface area contributed by atoms with Crippen LogP contribution in [-0.4, -0.2) is 47.2 Å². The fourth-order valence-electron chi connectivity index (χ4n) is 5.50. The molecule has 4 atom stereocenters. The maximum absolute atomic E-state index is 12.8. The third-order valence-electron chi connectivity index (χ3n) is 6.90. The molecule has 2 aliphatic carbocycles. The van der Waals surface area contributed by atoms with Crippen LogP contribution in [0.5, 0.6) is 0 Å². The number of anilines is 2. The number of carbonyl (C=O) groups excluding carboxylic acids is 3. The summed E-state index contributed by atoms with van der Waals surface area (Å²) in [6, 6.07) is 5.64. The van der Waals surface area contributed by atoms with E-state index in [4.69, 9.17) is 4.98 Å². The van der Waals surface area contributed by atoms with Crippen molar-refractivity contribution in [2.45, 2.75) is 19.3 Å². The van der Waals surface area contributed by atoms with Crippen molar-refractivity contribution in [1.82, 2.24) is 9.88 Å². The first-order chi connectivity index (χ1) is 14.6. The first-order valence-electron chi connectivity index (χ1n) is 10.6. The summed E-state index contributed by atoms with van der Waals surface area (Å²) in [5.41, 5.74) is 1.57. The lowest BCUT2D eigenvalue weighted by Gasteiger charge is -2.16. The topological polar surface area (TPSA) is 82.6 Å². The molecule has 2 aliphatic heterocycles. The molecule has 4 aliphatic rings. The monoisotopic (exact) mass is 422 g/mol. The second kappa shape index (κ2) is 6.63. The molecule has 1 aromatic carbocycles. The number of likely N-dealkylation sites (tertiary alicyclic amines) is 1. The molecule has 3 heterocycles. The van der Waals surface area contributed by atoms with E-state index in [1.54, 1.807) is 11.3 Å². The molecule has 1 saturated carbocycles. The summed E-state index contributed by atoms with van der Waals surface area (Å²) in [6.07, 6.45) is 7.40. The molecule has 2 bridgehead atoms. The molecule has 7 nitrogen and oxygen atoms in total. The molecule has 2 saturated heterocycles. The zero-order chi connectivity index (χ0) is 20.4. The Morgan fingerprint density at radius 3 is 2.50 bits per heavy atom. The predicted octanol–water partition coefficient (Wildman–Crippen LogP) is 2.64. The Kier molecular flexibility index (Phi) is 3.99. The van der Waals surface area contributed by atoms with Gasteiger partial charge in [-0.05, 0) is 49.3 Å². The number of allylic oxidation sites excluding steroid dienone is 2. The molecule has 1 aromatic heterocycles. The average Bonchev–Trinajstić information content (AvgIpc) is 3.53. The summed E-state index contributed by atoms with van der Waals surface area (Å²) >= 11 is 1.63. The number of fused-ring (bicyclic) bond motifs is 6. The lowest BCUT2D eigenvalue weighted by molar-refractivity contribution is -0.143. The second-order valence-electron chi connectivity index (χ2n) is 8.68. The van der Waals surface area contributed by atoms with Gasteiger partial charge in [-0.1, -0.05) is 23.5 Å². The van der Waals surface area contributed by atoms with E-state index in [1.165, 1.54) is 12.8 Å². The van der Waals surface area contributed by atoms with E-state index in [0.717, 1.165) is 39.8 Å². The third-order valence-corrected chi connectivity index (χ3v) is 7.98. The van der Waals surface area contributed by atoms with Crippen LogP contribution in [0, 0.1) is 23.7 Å². The standard InChI is InChI=1S/C22H22N4O3S/c27-17(11-26-20(28)18-12-3-4-13(9-12)19(18)21(26)29)23-14-5-6-15-16(10-14)30-22(24-15)25-7-1-2-8-25/h3-6,10,12-13,18-19H,1-2,7-9,11H2,(H,23,27)/t12-,13-,18+,19+/m0/s1. The van der Waals surface area contributed by atoms with Crippen molar-refractivity contribution >= 4 is 50.1 Å². The Balaban J connectivity index is 1.15. The number of imide groups is 1. The fraction of sp³-hybridized carbons (Fsp3) is 0.455. The molecule has 3 fully saturated rings. The van der Waals surface area contributed by atoms with Gasteiger partial charge in [-0.2, -0.15) is 0 Å². The number of nitrogens with one attached hydrogen (secondary N) is 1. The van der Waals surface area contributed by atoms with Crippen LogP contribution >= 0.6 is 11.3 Å². The van der Waals surface area contributed by atoms with Gasteiger partial charge < -0.3 is 10.2 Å². The van der Waals surface area contributed by atoms with Crippen LogP contribution in [-0.2, 0) is 14.4 Å². The van der Waals surface area contributed by atoms with Crippen LogP contribution in [0.15, 0.2) is 30.4 Å². The Hall–Kier alpha value is -2.74. The summed E-state index contributed by atoms with van der Waals surface area (Å²) < 4.78 is 1.01. The zero-order valence-electron chi connectivity index (χ0n) is 16.4. The smallest absolute Gasteiger partial charge is 0.244 e. The molecule has 154 valence electrons. The van der Waals surface area contributed by atoms with E-state index in [-0.39, 0.29) is 47.9 Å². The average molecular weight is 423 g/mol. The molecule has 0 radical (unpaired) electrons. The largest absolute Gasteiger partial charge is 0.348 e. The van der Waals surface area contributed by atoms with Crippen LogP contribution in [0.4, 0.5) is 10.8 Å². The van der Waals surface area contributed by atoms with Gasteiger partial charge >= 0.3 is 0 Å². The van der Waals surface area contributed by atoms with Gasteiger partial charge in [-0.3, -0.25) is 19.3 Å². The Morgan fingerprint density at radius 1 is 1.10 bits per heavy atom. The van der Waals surface area contributed by atoms with Gasteiger partial charge in [0.2, 0.25) is 17.7 Å². The summed E-state index contributed by atoms with van der Waals surface area (Å²) in [7, 11) is 0. The zero-order valence-corrected chi connectivity index (χ0v) is 17.2. The van der Waals surface area contributed by atoms with Crippen LogP contribution < -0.4 is 10.2 Å². The van der Waals surface area contributed by atoms with Gasteiger partial charge in [0.15, 0.2) is 5.13 Å². The highest BCUT2D eigenvalue weighted by Gasteiger charge is 2.59. The summed E-state index contributed by atoms with van der Waals surface area (Å²) in [5, 5.41) is 3.87. The van der Waals surface area contributed by atoms with Crippen LogP contribution in [0.3, 0.4) is 0 Å². The molecule has 0 unspecified atom stereocenters. The number of amides is 3. The first-order valence-corrected chi connectivity index (χ1v) is 11.4. The van der Waals surface area contributed by atoms with Crippen molar-refractivity contribution in [3.8, 4) is 0 Å². The van der Waals surface area contributed by atoms with Gasteiger partial charge in [0.25, 0.3) is 0 Å². The SMILES string of the molecule is O=C(CN1C(=O)[C@H]2[C@H](C1=O)[C@H]1C=C[C@H]2C1)Nc1ccc2nc(N3CCCC3)sc2c1. The maximum atomic E-state index is 12.8. The maximum Gasteiger partial charge on any atom is 0.244 e. The summed E-state index contributed by atoms with van der Waals surface area (Å²) in [5.74, 6) is -0.947. The van der Waals surface area contributed by atoms with Crippen LogP contribution in [0.25, 0.3) is 10.2 Å². The molecule has 3 amide bonds. The third kappa shape index (κ3) is 2.70. The van der Waals surface area contributed by atoms with Crippen molar-refractivity contribution < 1.29 is 14.4 Å². The molecule has 8 heteroatoms. The molecular weight excluding hydrogens is 400 g/mol. The molecule has 30 heavy (non-hydrogen) atoms. The summed E-state index contributed by atoms with van der Waals surface area (Å²) in [6.45, 7) is 1.87. The van der Waals surface area contributed by atoms with E-state index < -0.39 is 0 Å². The number of carbonyl (C=O) groups is 3. The molecule has 6 rings (SSSR count). The first kappa shape index (κ1) is 18.1. The van der Waals surface area contributed by atoms with E-state index >= 15 is 0 Å². The van der Waals surface area contributed by atoms with Gasteiger partial charge in [0.1, 0.15) is 6.54 Å².